The Hall–Kier alpha value is -1.33. The molecule has 1 heterocycles. The van der Waals surface area contributed by atoms with Gasteiger partial charge in [-0.1, -0.05) is 23.7 Å². The Labute approximate surface area is 103 Å². The molecule has 1 unspecified atom stereocenters. The van der Waals surface area contributed by atoms with E-state index in [0.717, 1.165) is 5.41 Å². The van der Waals surface area contributed by atoms with Crippen LogP contribution < -0.4 is 0 Å². The van der Waals surface area contributed by atoms with Crippen molar-refractivity contribution in [3.05, 3.63) is 34.2 Å². The molecule has 0 amide bonds. The van der Waals surface area contributed by atoms with E-state index in [1.54, 1.807) is 12.1 Å². The van der Waals surface area contributed by atoms with Crippen LogP contribution >= 0.6 is 11.6 Å². The first kappa shape index (κ1) is 12.1. The lowest BCUT2D eigenvalue weighted by Crippen LogP contribution is -2.10. The van der Waals surface area contributed by atoms with Crippen molar-refractivity contribution in [2.24, 2.45) is 5.92 Å². The fraction of sp³-hybridized carbons (Fsp3) is 0.182. The minimum absolute atomic E-state index is 0.00441. The Morgan fingerprint density at radius 2 is 2.06 bits per heavy atom. The lowest BCUT2D eigenvalue weighted by molar-refractivity contribution is -0.139. The summed E-state index contributed by atoms with van der Waals surface area (Å²) in [6.07, 6.45) is 0. The number of aliphatic carboxylic acids is 1. The highest BCUT2D eigenvalue weighted by atomic mass is 35.5. The molecule has 1 N–H and O–H groups in total. The molecule has 2 rings (SSSR count). The van der Waals surface area contributed by atoms with Gasteiger partial charge < -0.3 is 5.11 Å². The van der Waals surface area contributed by atoms with E-state index < -0.39 is 21.7 Å². The Bertz CT molecular complexity index is 631. The molecule has 1 aliphatic rings. The van der Waals surface area contributed by atoms with Gasteiger partial charge in [-0.2, -0.15) is 0 Å². The monoisotopic (exact) mass is 272 g/mol. The standard InChI is InChI=1S/C11H9ClO4S/c1-6(11(13)14)8-5-17(15,16)10-7(8)3-2-4-9(10)12/h2-6H,1H3,(H,13,14). The van der Waals surface area contributed by atoms with Crippen molar-refractivity contribution in [3.8, 4) is 0 Å². The average Bonchev–Trinajstić information content (AvgIpc) is 2.51. The van der Waals surface area contributed by atoms with Crippen LogP contribution in [0.2, 0.25) is 5.02 Å². The van der Waals surface area contributed by atoms with E-state index in [-0.39, 0.29) is 15.5 Å². The van der Waals surface area contributed by atoms with E-state index in [1.165, 1.54) is 13.0 Å². The maximum atomic E-state index is 11.9. The third-order valence-electron chi connectivity index (χ3n) is 2.68. The normalized spacial score (nSPS) is 18.4. The van der Waals surface area contributed by atoms with Crippen molar-refractivity contribution in [1.29, 1.82) is 0 Å². The third kappa shape index (κ3) is 1.85. The zero-order valence-electron chi connectivity index (χ0n) is 8.84. The summed E-state index contributed by atoms with van der Waals surface area (Å²) in [6.45, 7) is 1.44. The molecular formula is C11H9ClO4S. The summed E-state index contributed by atoms with van der Waals surface area (Å²) in [6, 6.07) is 4.64. The number of carbonyl (C=O) groups is 1. The van der Waals surface area contributed by atoms with Gasteiger partial charge in [-0.05, 0) is 24.1 Å². The van der Waals surface area contributed by atoms with Gasteiger partial charge in [0.1, 0.15) is 0 Å². The average molecular weight is 273 g/mol. The minimum Gasteiger partial charge on any atom is -0.481 e. The number of hydrogen-bond donors (Lipinski definition) is 1. The summed E-state index contributed by atoms with van der Waals surface area (Å²) in [5.41, 5.74) is 0.655. The van der Waals surface area contributed by atoms with E-state index in [2.05, 4.69) is 0 Å². The van der Waals surface area contributed by atoms with Crippen molar-refractivity contribution >= 4 is 33.0 Å². The van der Waals surface area contributed by atoms with Gasteiger partial charge in [0.2, 0.25) is 9.84 Å². The number of halogens is 1. The van der Waals surface area contributed by atoms with E-state index in [0.29, 0.717) is 5.56 Å². The van der Waals surface area contributed by atoms with Gasteiger partial charge in [0.05, 0.1) is 15.8 Å². The van der Waals surface area contributed by atoms with Crippen molar-refractivity contribution in [3.63, 3.8) is 0 Å². The van der Waals surface area contributed by atoms with Crippen LogP contribution in [0, 0.1) is 5.92 Å². The second kappa shape index (κ2) is 3.85. The van der Waals surface area contributed by atoms with Crippen molar-refractivity contribution in [1.82, 2.24) is 0 Å². The molecule has 6 heteroatoms. The Morgan fingerprint density at radius 3 is 2.65 bits per heavy atom. The summed E-state index contributed by atoms with van der Waals surface area (Å²) < 4.78 is 23.7. The summed E-state index contributed by atoms with van der Waals surface area (Å²) >= 11 is 5.84. The molecule has 90 valence electrons. The molecule has 1 aromatic carbocycles. The maximum Gasteiger partial charge on any atom is 0.310 e. The van der Waals surface area contributed by atoms with Crippen molar-refractivity contribution < 1.29 is 18.3 Å². The highest BCUT2D eigenvalue weighted by Gasteiger charge is 2.33. The molecule has 17 heavy (non-hydrogen) atoms. The molecule has 0 spiro atoms. The molecule has 1 aromatic rings. The molecule has 0 aliphatic carbocycles. The lowest BCUT2D eigenvalue weighted by Gasteiger charge is -2.08. The molecule has 0 fully saturated rings. The molecule has 4 nitrogen and oxygen atoms in total. The fourth-order valence-corrected chi connectivity index (χ4v) is 3.90. The van der Waals surface area contributed by atoms with E-state index in [9.17, 15) is 13.2 Å². The lowest BCUT2D eigenvalue weighted by atomic mass is 9.96. The second-order valence-corrected chi connectivity index (χ2v) is 5.94. The van der Waals surface area contributed by atoms with Gasteiger partial charge in [0, 0.05) is 5.41 Å². The largest absolute Gasteiger partial charge is 0.481 e. The smallest absolute Gasteiger partial charge is 0.310 e. The Morgan fingerprint density at radius 1 is 1.41 bits per heavy atom. The van der Waals surface area contributed by atoms with Crippen LogP contribution in [0.4, 0.5) is 0 Å². The van der Waals surface area contributed by atoms with Gasteiger partial charge >= 0.3 is 5.97 Å². The Kier molecular flexibility index (Phi) is 2.75. The topological polar surface area (TPSA) is 71.4 Å². The summed E-state index contributed by atoms with van der Waals surface area (Å²) in [4.78, 5) is 10.9. The summed E-state index contributed by atoms with van der Waals surface area (Å²) in [5, 5.41) is 10.0. The number of fused-ring (bicyclic) bond motifs is 1. The van der Waals surface area contributed by atoms with Gasteiger partial charge in [-0.25, -0.2) is 8.42 Å². The number of sulfone groups is 1. The first-order valence-corrected chi connectivity index (χ1v) is 6.75. The van der Waals surface area contributed by atoms with Crippen LogP contribution in [0.3, 0.4) is 0 Å². The number of carboxylic acids is 1. The molecule has 0 aromatic heterocycles. The summed E-state index contributed by atoms with van der Waals surface area (Å²) in [5.74, 6) is -1.95. The highest BCUT2D eigenvalue weighted by Crippen LogP contribution is 2.41. The van der Waals surface area contributed by atoms with Crippen LogP contribution in [0.5, 0.6) is 0 Å². The van der Waals surface area contributed by atoms with Crippen LogP contribution in [0.15, 0.2) is 28.5 Å². The first-order chi connectivity index (χ1) is 7.84. The highest BCUT2D eigenvalue weighted by molar-refractivity contribution is 7.95. The minimum atomic E-state index is -3.62. The zero-order valence-corrected chi connectivity index (χ0v) is 10.4. The Balaban J connectivity index is 2.71. The van der Waals surface area contributed by atoms with Gasteiger partial charge in [-0.3, -0.25) is 4.79 Å². The van der Waals surface area contributed by atoms with Crippen molar-refractivity contribution in [2.75, 3.05) is 0 Å². The van der Waals surface area contributed by atoms with Crippen LogP contribution in [-0.2, 0) is 14.6 Å². The predicted octanol–water partition coefficient (Wildman–Crippen LogP) is 2.19. The van der Waals surface area contributed by atoms with Crippen LogP contribution in [0.1, 0.15) is 12.5 Å². The first-order valence-electron chi connectivity index (χ1n) is 4.83. The molecule has 1 atom stereocenters. The van der Waals surface area contributed by atoms with Crippen molar-refractivity contribution in [2.45, 2.75) is 11.8 Å². The molecule has 0 saturated heterocycles. The van der Waals surface area contributed by atoms with E-state index in [4.69, 9.17) is 16.7 Å². The van der Waals surface area contributed by atoms with Crippen LogP contribution in [-0.4, -0.2) is 19.5 Å². The molecule has 1 aliphatic heterocycles. The van der Waals surface area contributed by atoms with E-state index in [1.807, 2.05) is 0 Å². The van der Waals surface area contributed by atoms with Gasteiger partial charge in [0.25, 0.3) is 0 Å². The number of hydrogen-bond acceptors (Lipinski definition) is 3. The summed E-state index contributed by atoms with van der Waals surface area (Å²) in [7, 11) is -3.62. The number of carboxylic acid groups (broad SMARTS) is 1. The third-order valence-corrected chi connectivity index (χ3v) is 4.68. The quantitative estimate of drug-likeness (QED) is 0.896. The van der Waals surface area contributed by atoms with Gasteiger partial charge in [-0.15, -0.1) is 0 Å². The maximum absolute atomic E-state index is 11.9. The molecule has 0 radical (unpaired) electrons. The molecular weight excluding hydrogens is 264 g/mol. The predicted molar refractivity (Wildman–Crippen MR) is 63.4 cm³/mol. The van der Waals surface area contributed by atoms with Gasteiger partial charge in [0.15, 0.2) is 0 Å². The number of benzene rings is 1. The molecule has 0 bridgehead atoms. The second-order valence-electron chi connectivity index (χ2n) is 3.79. The zero-order chi connectivity index (χ0) is 12.8. The number of rotatable bonds is 2. The van der Waals surface area contributed by atoms with Crippen LogP contribution in [0.25, 0.3) is 5.57 Å². The SMILES string of the molecule is CC(C(=O)O)C1=CS(=O)(=O)c2c(Cl)cccc21. The molecule has 0 saturated carbocycles. The van der Waals surface area contributed by atoms with E-state index >= 15 is 0 Å². The fourth-order valence-electron chi connectivity index (χ4n) is 1.78.